The van der Waals surface area contributed by atoms with Crippen LogP contribution in [0.15, 0.2) is 51.8 Å². The number of methoxy groups -OCH3 is 1. The number of hydrogen-bond acceptors (Lipinski definition) is 5. The van der Waals surface area contributed by atoms with Gasteiger partial charge in [0.1, 0.15) is 11.5 Å². The lowest BCUT2D eigenvalue weighted by atomic mass is 9.99. The maximum Gasteiger partial charge on any atom is 0.308 e. The molecule has 7 nitrogen and oxygen atoms in total. The van der Waals surface area contributed by atoms with Gasteiger partial charge in [0.25, 0.3) is 5.56 Å². The van der Waals surface area contributed by atoms with E-state index in [0.717, 1.165) is 22.1 Å². The van der Waals surface area contributed by atoms with Gasteiger partial charge in [-0.15, -0.1) is 0 Å². The van der Waals surface area contributed by atoms with E-state index in [-0.39, 0.29) is 17.5 Å². The number of pyridine rings is 1. The first-order valence-electron chi connectivity index (χ1n) is 10.4. The van der Waals surface area contributed by atoms with Crippen molar-refractivity contribution in [2.45, 2.75) is 33.2 Å². The molecular weight excluding hydrogens is 444 g/mol. The Balaban J connectivity index is 1.90. The average molecular weight is 467 g/mol. The van der Waals surface area contributed by atoms with Crippen molar-refractivity contribution in [3.63, 3.8) is 0 Å². The third-order valence-corrected chi connectivity index (χ3v) is 5.92. The van der Waals surface area contributed by atoms with Gasteiger partial charge in [0.05, 0.1) is 30.3 Å². The van der Waals surface area contributed by atoms with Crippen LogP contribution in [0.25, 0.3) is 22.0 Å². The van der Waals surface area contributed by atoms with Crippen molar-refractivity contribution in [2.24, 2.45) is 0 Å². The SMILES string of the molecule is COc1cc2c(cc1-c1c(C)noc1C)cc(CC(=O)O)c(=O)n2CCc1ccc(Cl)cc1. The Labute approximate surface area is 195 Å². The van der Waals surface area contributed by atoms with Gasteiger partial charge < -0.3 is 18.9 Å². The second-order valence-electron chi connectivity index (χ2n) is 7.88. The zero-order valence-electron chi connectivity index (χ0n) is 18.5. The zero-order chi connectivity index (χ0) is 23.7. The number of benzene rings is 2. The van der Waals surface area contributed by atoms with Crippen LogP contribution in [-0.4, -0.2) is 27.9 Å². The Bertz CT molecular complexity index is 1380. The molecule has 0 bridgehead atoms. The smallest absolute Gasteiger partial charge is 0.308 e. The van der Waals surface area contributed by atoms with Crippen molar-refractivity contribution in [1.82, 2.24) is 9.72 Å². The van der Waals surface area contributed by atoms with Gasteiger partial charge in [0.15, 0.2) is 0 Å². The molecule has 0 radical (unpaired) electrons. The van der Waals surface area contributed by atoms with Gasteiger partial charge in [-0.2, -0.15) is 0 Å². The predicted octanol–water partition coefficient (Wildman–Crippen LogP) is 4.81. The standard InChI is InChI=1S/C25H23ClN2O5/c1-14-24(15(2)33-27-14)20-11-17-10-18(12-23(29)30)25(31)28(21(17)13-22(20)32-3)9-8-16-4-6-19(26)7-5-16/h4-7,10-11,13H,8-9,12H2,1-3H3,(H,29,30). The minimum absolute atomic E-state index is 0.223. The highest BCUT2D eigenvalue weighted by molar-refractivity contribution is 6.30. The quantitative estimate of drug-likeness (QED) is 0.420. The molecule has 8 heteroatoms. The number of halogens is 1. The van der Waals surface area contributed by atoms with Crippen molar-refractivity contribution >= 4 is 28.5 Å². The van der Waals surface area contributed by atoms with E-state index in [0.29, 0.717) is 40.7 Å². The molecule has 4 aromatic rings. The molecule has 0 saturated heterocycles. The molecule has 2 aromatic heterocycles. The summed E-state index contributed by atoms with van der Waals surface area (Å²) in [5.74, 6) is 0.157. The van der Waals surface area contributed by atoms with Crippen molar-refractivity contribution in [3.8, 4) is 16.9 Å². The molecule has 0 aliphatic heterocycles. The predicted molar refractivity (Wildman–Crippen MR) is 126 cm³/mol. The lowest BCUT2D eigenvalue weighted by molar-refractivity contribution is -0.136. The summed E-state index contributed by atoms with van der Waals surface area (Å²) in [5.41, 5.74) is 3.87. The van der Waals surface area contributed by atoms with Gasteiger partial charge >= 0.3 is 5.97 Å². The molecule has 0 atom stereocenters. The summed E-state index contributed by atoms with van der Waals surface area (Å²) in [5, 5.41) is 14.8. The minimum Gasteiger partial charge on any atom is -0.496 e. The molecule has 0 amide bonds. The van der Waals surface area contributed by atoms with Crippen molar-refractivity contribution in [2.75, 3.05) is 7.11 Å². The zero-order valence-corrected chi connectivity index (χ0v) is 19.3. The molecule has 170 valence electrons. The number of aliphatic carboxylic acids is 1. The highest BCUT2D eigenvalue weighted by Gasteiger charge is 2.20. The molecule has 0 spiro atoms. The molecule has 2 heterocycles. The largest absolute Gasteiger partial charge is 0.496 e. The Morgan fingerprint density at radius 3 is 2.52 bits per heavy atom. The van der Waals surface area contributed by atoms with E-state index in [2.05, 4.69) is 5.16 Å². The van der Waals surface area contributed by atoms with Gasteiger partial charge in [0, 0.05) is 28.8 Å². The van der Waals surface area contributed by atoms with Crippen LogP contribution in [0.1, 0.15) is 22.6 Å². The third kappa shape index (κ3) is 4.50. The van der Waals surface area contributed by atoms with Gasteiger partial charge in [-0.25, -0.2) is 0 Å². The highest BCUT2D eigenvalue weighted by atomic mass is 35.5. The summed E-state index contributed by atoms with van der Waals surface area (Å²) in [6.07, 6.45) is 0.221. The summed E-state index contributed by atoms with van der Waals surface area (Å²) in [6, 6.07) is 12.8. The molecule has 0 aliphatic carbocycles. The number of carbonyl (C=O) groups is 1. The first-order chi connectivity index (χ1) is 15.8. The Kier molecular flexibility index (Phi) is 6.24. The second kappa shape index (κ2) is 9.11. The number of ether oxygens (including phenoxy) is 1. The summed E-state index contributed by atoms with van der Waals surface area (Å²) in [4.78, 5) is 24.6. The van der Waals surface area contributed by atoms with E-state index < -0.39 is 5.97 Å². The summed E-state index contributed by atoms with van der Waals surface area (Å²) >= 11 is 5.98. The second-order valence-corrected chi connectivity index (χ2v) is 8.32. The fourth-order valence-electron chi connectivity index (χ4n) is 4.10. The topological polar surface area (TPSA) is 94.6 Å². The van der Waals surface area contributed by atoms with Crippen LogP contribution in [0, 0.1) is 13.8 Å². The molecular formula is C25H23ClN2O5. The van der Waals surface area contributed by atoms with E-state index in [1.54, 1.807) is 29.9 Å². The fourth-order valence-corrected chi connectivity index (χ4v) is 4.23. The van der Waals surface area contributed by atoms with E-state index in [1.165, 1.54) is 0 Å². The van der Waals surface area contributed by atoms with E-state index in [1.807, 2.05) is 38.1 Å². The van der Waals surface area contributed by atoms with Crippen LogP contribution in [0.5, 0.6) is 5.75 Å². The maximum absolute atomic E-state index is 13.2. The minimum atomic E-state index is -1.06. The Morgan fingerprint density at radius 2 is 1.91 bits per heavy atom. The Hall–Kier alpha value is -3.58. The molecule has 0 fully saturated rings. The van der Waals surface area contributed by atoms with E-state index in [9.17, 15) is 14.7 Å². The van der Waals surface area contributed by atoms with Gasteiger partial charge in [-0.05, 0) is 55.5 Å². The van der Waals surface area contributed by atoms with Crippen molar-refractivity contribution in [1.29, 1.82) is 0 Å². The fraction of sp³-hybridized carbons (Fsp3) is 0.240. The number of fused-ring (bicyclic) bond motifs is 1. The van der Waals surface area contributed by atoms with Crippen LogP contribution >= 0.6 is 11.6 Å². The number of aryl methyl sites for hydroxylation is 4. The summed E-state index contributed by atoms with van der Waals surface area (Å²) in [7, 11) is 1.57. The van der Waals surface area contributed by atoms with Crippen LogP contribution in [0.3, 0.4) is 0 Å². The molecule has 2 aromatic carbocycles. The highest BCUT2D eigenvalue weighted by Crippen LogP contribution is 2.37. The molecule has 1 N–H and O–H groups in total. The van der Waals surface area contributed by atoms with Crippen molar-refractivity contribution < 1.29 is 19.2 Å². The van der Waals surface area contributed by atoms with Gasteiger partial charge in [-0.1, -0.05) is 28.9 Å². The van der Waals surface area contributed by atoms with Crippen molar-refractivity contribution in [3.05, 3.63) is 80.4 Å². The summed E-state index contributed by atoms with van der Waals surface area (Å²) < 4.78 is 12.6. The maximum atomic E-state index is 13.2. The third-order valence-electron chi connectivity index (χ3n) is 5.67. The first kappa shape index (κ1) is 22.6. The number of carboxylic acid groups (broad SMARTS) is 1. The molecule has 4 rings (SSSR count). The number of hydrogen-bond donors (Lipinski definition) is 1. The van der Waals surface area contributed by atoms with Gasteiger partial charge in [0.2, 0.25) is 0 Å². The van der Waals surface area contributed by atoms with Crippen LogP contribution < -0.4 is 10.3 Å². The monoisotopic (exact) mass is 466 g/mol. The van der Waals surface area contributed by atoms with Crippen LogP contribution in [-0.2, 0) is 24.2 Å². The average Bonchev–Trinajstić information content (AvgIpc) is 3.11. The number of rotatable bonds is 7. The Morgan fingerprint density at radius 1 is 1.18 bits per heavy atom. The van der Waals surface area contributed by atoms with Gasteiger partial charge in [-0.3, -0.25) is 9.59 Å². The van der Waals surface area contributed by atoms with Crippen LogP contribution in [0.4, 0.5) is 0 Å². The number of aromatic nitrogens is 2. The first-order valence-corrected chi connectivity index (χ1v) is 10.8. The molecule has 0 unspecified atom stereocenters. The molecule has 33 heavy (non-hydrogen) atoms. The molecule has 0 aliphatic rings. The summed E-state index contributed by atoms with van der Waals surface area (Å²) in [6.45, 7) is 4.04. The van der Waals surface area contributed by atoms with E-state index >= 15 is 0 Å². The normalized spacial score (nSPS) is 11.2. The van der Waals surface area contributed by atoms with Crippen LogP contribution in [0.2, 0.25) is 5.02 Å². The lowest BCUT2D eigenvalue weighted by Gasteiger charge is -2.16. The van der Waals surface area contributed by atoms with E-state index in [4.69, 9.17) is 20.9 Å². The number of nitrogens with zero attached hydrogens (tertiary/aromatic N) is 2. The number of carboxylic acids is 1. The lowest BCUT2D eigenvalue weighted by Crippen LogP contribution is -2.26. The molecule has 0 saturated carbocycles.